The zero-order chi connectivity index (χ0) is 16.1. The number of halogens is 5. The fourth-order valence-corrected chi connectivity index (χ4v) is 2.59. The van der Waals surface area contributed by atoms with Crippen molar-refractivity contribution in [1.82, 2.24) is 29.3 Å². The first-order valence-corrected chi connectivity index (χ1v) is 11.1. The molecule has 6 nitrogen and oxygen atoms in total. The van der Waals surface area contributed by atoms with Gasteiger partial charge in [0.25, 0.3) is 0 Å². The van der Waals surface area contributed by atoms with Crippen LogP contribution in [-0.4, -0.2) is 29.3 Å². The minimum atomic E-state index is -0.302. The number of aromatic nitrogens is 6. The van der Waals surface area contributed by atoms with Crippen molar-refractivity contribution in [3.8, 4) is 0 Å². The van der Waals surface area contributed by atoms with Crippen LogP contribution in [0.4, 0.5) is 0 Å². The summed E-state index contributed by atoms with van der Waals surface area (Å²) >= 11 is 10.2. The first-order valence-electron chi connectivity index (χ1n) is 5.51. The van der Waals surface area contributed by atoms with Crippen molar-refractivity contribution in [2.45, 2.75) is 6.29 Å². The van der Waals surface area contributed by atoms with Crippen LogP contribution in [0.5, 0.6) is 0 Å². The fraction of sp³-hybridized carbons (Fsp3) is 0.100. The van der Waals surface area contributed by atoms with Crippen LogP contribution in [0.3, 0.4) is 0 Å². The molecule has 0 fully saturated rings. The molecule has 0 spiro atoms. The average Bonchev–Trinajstić information content (AvgIpc) is 3.16. The van der Waals surface area contributed by atoms with Gasteiger partial charge < -0.3 is 0 Å². The van der Waals surface area contributed by atoms with Crippen molar-refractivity contribution >= 4 is 68.0 Å². The van der Waals surface area contributed by atoms with Gasteiger partial charge in [-0.2, -0.15) is 15.3 Å². The van der Waals surface area contributed by atoms with Gasteiger partial charge in [0.05, 0.1) is 32.0 Å². The van der Waals surface area contributed by atoms with Gasteiger partial charge >= 0.3 is 33.3 Å². The van der Waals surface area contributed by atoms with E-state index >= 15 is 0 Å². The molecule has 0 bridgehead atoms. The summed E-state index contributed by atoms with van der Waals surface area (Å²) in [5, 5.41) is 12.9. The molecule has 3 rings (SSSR count). The van der Waals surface area contributed by atoms with Crippen LogP contribution in [0, 0.1) is 0 Å². The molecule has 0 aromatic carbocycles. The van der Waals surface area contributed by atoms with E-state index in [1.165, 1.54) is 0 Å². The molecule has 3 heterocycles. The summed E-state index contributed by atoms with van der Waals surface area (Å²) in [6.07, 6.45) is 10.5. The Bertz CT molecular complexity index is 634. The van der Waals surface area contributed by atoms with E-state index in [-0.39, 0.29) is 19.4 Å². The molecule has 0 aliphatic heterocycles. The first-order chi connectivity index (χ1) is 10.5. The number of hydrogen-bond acceptors (Lipinski definition) is 3. The third-order valence-electron chi connectivity index (χ3n) is 2.42. The molecule has 0 aliphatic rings. The van der Waals surface area contributed by atoms with E-state index in [0.717, 1.165) is 13.4 Å². The first kappa shape index (κ1) is 18.5. The molecule has 0 saturated heterocycles. The summed E-state index contributed by atoms with van der Waals surface area (Å²) in [6.45, 7) is 0. The van der Waals surface area contributed by atoms with Crippen LogP contribution in [-0.2, 0) is 13.1 Å². The van der Waals surface area contributed by atoms with E-state index in [4.69, 9.17) is 20.2 Å². The van der Waals surface area contributed by atoms with E-state index < -0.39 is 0 Å². The Balaban J connectivity index is 0.000000545. The SMILES string of the molecule is Brc1cnn(C(n2cc(Br)cn2)n2cc(Br)cn2)c1.[Cl][Mn][Cl]. The van der Waals surface area contributed by atoms with Gasteiger partial charge in [0.15, 0.2) is 0 Å². The quantitative estimate of drug-likeness (QED) is 0.432. The van der Waals surface area contributed by atoms with Gasteiger partial charge in [0.2, 0.25) is 6.29 Å². The summed E-state index contributed by atoms with van der Waals surface area (Å²) in [6, 6.07) is 0. The molecule has 0 N–H and O–H groups in total. The van der Waals surface area contributed by atoms with Crippen molar-refractivity contribution in [3.63, 3.8) is 0 Å². The Morgan fingerprint density at radius 3 is 1.23 bits per heavy atom. The molecule has 0 radical (unpaired) electrons. The number of hydrogen-bond donors (Lipinski definition) is 0. The van der Waals surface area contributed by atoms with Gasteiger partial charge in [-0.05, 0) is 47.8 Å². The van der Waals surface area contributed by atoms with Crippen LogP contribution in [0.1, 0.15) is 6.29 Å². The summed E-state index contributed by atoms with van der Waals surface area (Å²) in [5.74, 6) is 0. The van der Waals surface area contributed by atoms with Crippen molar-refractivity contribution in [3.05, 3.63) is 50.6 Å². The fourth-order valence-electron chi connectivity index (χ4n) is 1.69. The Morgan fingerprint density at radius 1 is 0.773 bits per heavy atom. The second kappa shape index (κ2) is 8.86. The maximum absolute atomic E-state index is 4.80. The summed E-state index contributed by atoms with van der Waals surface area (Å²) in [4.78, 5) is 0. The van der Waals surface area contributed by atoms with E-state index in [1.54, 1.807) is 32.6 Å². The maximum atomic E-state index is 4.80. The summed E-state index contributed by atoms with van der Waals surface area (Å²) in [5.41, 5.74) is 0. The predicted octanol–water partition coefficient (Wildman–Crippen LogP) is 4.49. The molecule has 0 amide bonds. The molecule has 12 heteroatoms. The topological polar surface area (TPSA) is 53.5 Å². The van der Waals surface area contributed by atoms with Gasteiger partial charge in [-0.1, -0.05) is 0 Å². The van der Waals surface area contributed by atoms with Gasteiger partial charge in [0, 0.05) is 18.6 Å². The van der Waals surface area contributed by atoms with Crippen LogP contribution in [0.15, 0.2) is 50.6 Å². The monoisotopic (exact) mass is 573 g/mol. The van der Waals surface area contributed by atoms with Gasteiger partial charge in [0.1, 0.15) is 0 Å². The Hall–Kier alpha value is 0.169. The second-order valence-electron chi connectivity index (χ2n) is 3.82. The van der Waals surface area contributed by atoms with Crippen LogP contribution < -0.4 is 0 Å². The molecular weight excluding hydrogens is 570 g/mol. The van der Waals surface area contributed by atoms with Crippen LogP contribution in [0.2, 0.25) is 0 Å². The average molecular weight is 577 g/mol. The van der Waals surface area contributed by atoms with Crippen LogP contribution in [0.25, 0.3) is 0 Å². The van der Waals surface area contributed by atoms with Crippen molar-refractivity contribution in [1.29, 1.82) is 0 Å². The molecule has 0 atom stereocenters. The van der Waals surface area contributed by atoms with Crippen molar-refractivity contribution in [2.24, 2.45) is 0 Å². The van der Waals surface area contributed by atoms with Gasteiger partial charge in [-0.25, -0.2) is 14.0 Å². The minimum absolute atomic E-state index is 0.00694. The molecule has 3 aromatic heterocycles. The molecule has 0 unspecified atom stereocenters. The molecule has 0 saturated carbocycles. The molecule has 22 heavy (non-hydrogen) atoms. The van der Waals surface area contributed by atoms with Crippen molar-refractivity contribution < 1.29 is 13.1 Å². The van der Waals surface area contributed by atoms with E-state index in [2.05, 4.69) is 63.1 Å². The number of rotatable bonds is 3. The summed E-state index contributed by atoms with van der Waals surface area (Å²) < 4.78 is 7.99. The molecule has 119 valence electrons. The standard InChI is InChI=1S/C10H7Br3N6.2ClH.Mn/c11-7-1-14-17(4-7)10(18-5-8(12)2-15-18)19-6-9(13)3-16-19;;;/h1-6,10H;2*1H;/q;;;+2/p-2. The van der Waals surface area contributed by atoms with E-state index in [1.807, 2.05) is 18.6 Å². The zero-order valence-electron chi connectivity index (χ0n) is 10.5. The van der Waals surface area contributed by atoms with Gasteiger partial charge in [-0.3, -0.25) is 0 Å². The van der Waals surface area contributed by atoms with E-state index in [9.17, 15) is 0 Å². The van der Waals surface area contributed by atoms with Crippen molar-refractivity contribution in [2.75, 3.05) is 0 Å². The second-order valence-corrected chi connectivity index (χ2v) is 8.51. The molecular formula is C10H7Br3Cl2MnN6. The van der Waals surface area contributed by atoms with Gasteiger partial charge in [-0.15, -0.1) is 0 Å². The zero-order valence-corrected chi connectivity index (χ0v) is 17.9. The third-order valence-corrected chi connectivity index (χ3v) is 3.65. The predicted molar refractivity (Wildman–Crippen MR) is 91.3 cm³/mol. The van der Waals surface area contributed by atoms with Crippen LogP contribution >= 0.6 is 68.0 Å². The number of nitrogens with zero attached hydrogens (tertiary/aromatic N) is 6. The van der Waals surface area contributed by atoms with E-state index in [0.29, 0.717) is 0 Å². The third kappa shape index (κ3) is 4.83. The Morgan fingerprint density at radius 2 is 1.05 bits per heavy atom. The Kier molecular flexibility index (Phi) is 7.46. The molecule has 0 aliphatic carbocycles. The summed E-state index contributed by atoms with van der Waals surface area (Å²) in [7, 11) is 9.59. The normalized spacial score (nSPS) is 10.6. The Labute approximate surface area is 166 Å². The molecule has 3 aromatic rings.